The standard InChI is InChI=1S/2C8H15NO2.C4H6O.C3H4O2/c2*1-7(2)8(10)11-6-5-9(3)4;1-3-4(2)5;1-2-3(4)5/h2*1,5-6H2,2-4H3;3,5H,1-2H2;2H,1H2,(H,4,5)/p+1. The number of carbonyl (C=O) groups excluding carboxylic acids is 2. The van der Waals surface area contributed by atoms with Crippen molar-refractivity contribution < 1.29 is 39.0 Å². The Morgan fingerprint density at radius 3 is 1.44 bits per heavy atom. The third-order valence-corrected chi connectivity index (χ3v) is 2.71. The van der Waals surface area contributed by atoms with Crippen molar-refractivity contribution in [2.75, 3.05) is 54.5 Å². The van der Waals surface area contributed by atoms with Gasteiger partial charge in [-0.15, -0.1) is 0 Å². The molecule has 0 aliphatic rings. The summed E-state index contributed by atoms with van der Waals surface area (Å²) in [6.45, 7) is 22.0. The van der Waals surface area contributed by atoms with E-state index in [4.69, 9.17) is 19.7 Å². The molecule has 0 heterocycles. The van der Waals surface area contributed by atoms with Gasteiger partial charge in [0.25, 0.3) is 0 Å². The van der Waals surface area contributed by atoms with Crippen molar-refractivity contribution in [1.82, 2.24) is 4.90 Å². The number of likely N-dealkylation sites (N-methyl/N-ethyl adjacent to an activating group) is 2. The average molecular weight is 458 g/mol. The van der Waals surface area contributed by atoms with E-state index < -0.39 is 5.97 Å². The Hall–Kier alpha value is -3.17. The lowest BCUT2D eigenvalue weighted by atomic mass is 10.4. The molecule has 0 aliphatic carbocycles. The van der Waals surface area contributed by atoms with Crippen molar-refractivity contribution >= 4 is 17.9 Å². The van der Waals surface area contributed by atoms with Gasteiger partial charge in [-0.25, -0.2) is 14.4 Å². The Morgan fingerprint density at radius 1 is 0.875 bits per heavy atom. The van der Waals surface area contributed by atoms with Gasteiger partial charge >= 0.3 is 17.9 Å². The van der Waals surface area contributed by atoms with E-state index in [1.165, 1.54) is 11.0 Å². The zero-order valence-electron chi connectivity index (χ0n) is 20.4. The van der Waals surface area contributed by atoms with Crippen molar-refractivity contribution in [2.24, 2.45) is 0 Å². The maximum atomic E-state index is 10.8. The predicted molar refractivity (Wildman–Crippen MR) is 128 cm³/mol. The molecular formula is C23H41N2O7+. The normalized spacial score (nSPS) is 8.75. The molecule has 0 radical (unpaired) electrons. The summed E-state index contributed by atoms with van der Waals surface area (Å²) < 4.78 is 9.69. The lowest BCUT2D eigenvalue weighted by molar-refractivity contribution is -0.858. The van der Waals surface area contributed by atoms with Crippen LogP contribution in [-0.4, -0.2) is 87.5 Å². The van der Waals surface area contributed by atoms with Crippen molar-refractivity contribution in [3.63, 3.8) is 0 Å². The van der Waals surface area contributed by atoms with Gasteiger partial charge in [-0.05, 0) is 34.0 Å². The molecule has 0 saturated heterocycles. The summed E-state index contributed by atoms with van der Waals surface area (Å²) >= 11 is 0. The topological polar surface area (TPSA) is 118 Å². The third kappa shape index (κ3) is 41.3. The number of aliphatic hydroxyl groups excluding tert-OH is 1. The Kier molecular flexibility index (Phi) is 27.3. The SMILES string of the molecule is C=C(C)C(=O)OCCN(C)C.C=C(C)C(=O)OCC[NH+](C)C.C=CC(=C)O.C=CC(=O)O. The van der Waals surface area contributed by atoms with E-state index in [0.717, 1.165) is 19.2 Å². The van der Waals surface area contributed by atoms with E-state index in [0.29, 0.717) is 24.4 Å². The van der Waals surface area contributed by atoms with Gasteiger partial charge in [0.2, 0.25) is 0 Å². The number of ether oxygens (including phenoxy) is 2. The first-order chi connectivity index (χ1) is 14.6. The first-order valence-electron chi connectivity index (χ1n) is 9.56. The predicted octanol–water partition coefficient (Wildman–Crippen LogP) is 1.42. The molecule has 0 bridgehead atoms. The van der Waals surface area contributed by atoms with Gasteiger partial charge in [-0.1, -0.05) is 32.9 Å². The minimum atomic E-state index is -0.981. The first kappa shape index (κ1) is 36.2. The molecule has 0 unspecified atom stereocenters. The highest BCUT2D eigenvalue weighted by Crippen LogP contribution is 1.91. The van der Waals surface area contributed by atoms with E-state index in [1.54, 1.807) is 13.8 Å². The van der Waals surface area contributed by atoms with Crippen LogP contribution in [0, 0.1) is 0 Å². The molecule has 184 valence electrons. The quantitative estimate of drug-likeness (QED) is 0.195. The molecule has 0 aromatic carbocycles. The second-order valence-corrected chi connectivity index (χ2v) is 6.83. The van der Waals surface area contributed by atoms with Crippen LogP contribution in [0.1, 0.15) is 13.8 Å². The molecule has 9 heteroatoms. The summed E-state index contributed by atoms with van der Waals surface area (Å²) in [6.07, 6.45) is 2.11. The van der Waals surface area contributed by atoms with Crippen molar-refractivity contribution in [2.45, 2.75) is 13.8 Å². The van der Waals surface area contributed by atoms with Gasteiger partial charge in [-0.3, -0.25) is 0 Å². The molecule has 0 spiro atoms. The van der Waals surface area contributed by atoms with Crippen LogP contribution in [0.5, 0.6) is 0 Å². The summed E-state index contributed by atoms with van der Waals surface area (Å²) in [6, 6.07) is 0. The molecule has 32 heavy (non-hydrogen) atoms. The molecular weight excluding hydrogens is 416 g/mol. The van der Waals surface area contributed by atoms with Gasteiger partial charge in [0.1, 0.15) is 25.5 Å². The number of esters is 2. The van der Waals surface area contributed by atoms with Gasteiger partial charge in [0, 0.05) is 23.8 Å². The van der Waals surface area contributed by atoms with Gasteiger partial charge < -0.3 is 29.5 Å². The highest BCUT2D eigenvalue weighted by atomic mass is 16.5. The Labute approximate surface area is 192 Å². The van der Waals surface area contributed by atoms with Crippen molar-refractivity contribution in [3.8, 4) is 0 Å². The summed E-state index contributed by atoms with van der Waals surface area (Å²) in [7, 11) is 7.87. The van der Waals surface area contributed by atoms with Crippen LogP contribution in [0.4, 0.5) is 0 Å². The van der Waals surface area contributed by atoms with Gasteiger partial charge in [0.15, 0.2) is 0 Å². The maximum Gasteiger partial charge on any atom is 0.333 e. The number of allylic oxidation sites excluding steroid dienone is 1. The summed E-state index contributed by atoms with van der Waals surface area (Å²) in [5, 5.41) is 15.7. The van der Waals surface area contributed by atoms with Gasteiger partial charge in [-0.2, -0.15) is 0 Å². The van der Waals surface area contributed by atoms with Crippen LogP contribution in [0.2, 0.25) is 0 Å². The number of quaternary nitrogens is 1. The molecule has 0 aromatic rings. The Balaban J connectivity index is -0.000000175. The molecule has 9 nitrogen and oxygen atoms in total. The fraction of sp³-hybridized carbons (Fsp3) is 0.435. The summed E-state index contributed by atoms with van der Waals surface area (Å²) in [5.74, 6) is -1.58. The molecule has 0 fully saturated rings. The average Bonchev–Trinajstić information content (AvgIpc) is 2.68. The van der Waals surface area contributed by atoms with Gasteiger partial charge in [0.05, 0.1) is 14.1 Å². The van der Waals surface area contributed by atoms with E-state index in [9.17, 15) is 14.4 Å². The highest BCUT2D eigenvalue weighted by Gasteiger charge is 2.03. The second-order valence-electron chi connectivity index (χ2n) is 6.83. The molecule has 0 aliphatic heterocycles. The molecule has 3 N–H and O–H groups in total. The zero-order chi connectivity index (χ0) is 26.3. The van der Waals surface area contributed by atoms with E-state index in [-0.39, 0.29) is 17.7 Å². The summed E-state index contributed by atoms with van der Waals surface area (Å²) in [5.41, 5.74) is 0.905. The lowest BCUT2D eigenvalue weighted by Gasteiger charge is -2.09. The van der Waals surface area contributed by atoms with Crippen LogP contribution in [0.3, 0.4) is 0 Å². The van der Waals surface area contributed by atoms with Crippen molar-refractivity contribution in [3.05, 3.63) is 62.0 Å². The monoisotopic (exact) mass is 457 g/mol. The summed E-state index contributed by atoms with van der Waals surface area (Å²) in [4.78, 5) is 34.0. The fourth-order valence-corrected chi connectivity index (χ4v) is 0.915. The lowest BCUT2D eigenvalue weighted by Crippen LogP contribution is -3.06. The second kappa shape index (κ2) is 24.1. The van der Waals surface area contributed by atoms with Crippen LogP contribution in [0.25, 0.3) is 0 Å². The Bertz CT molecular complexity index is 570. The van der Waals surface area contributed by atoms with Crippen molar-refractivity contribution in [1.29, 1.82) is 0 Å². The number of nitrogens with zero attached hydrogens (tertiary/aromatic N) is 1. The van der Waals surface area contributed by atoms with Crippen LogP contribution >= 0.6 is 0 Å². The number of rotatable bonds is 10. The third-order valence-electron chi connectivity index (χ3n) is 2.71. The van der Waals surface area contributed by atoms with E-state index in [1.807, 2.05) is 33.1 Å². The van der Waals surface area contributed by atoms with E-state index >= 15 is 0 Å². The number of nitrogens with one attached hydrogen (secondary N) is 1. The minimum absolute atomic E-state index is 0.0185. The number of aliphatic hydroxyl groups is 1. The van der Waals surface area contributed by atoms with Crippen LogP contribution < -0.4 is 4.90 Å². The number of carbonyl (C=O) groups is 3. The number of aliphatic carboxylic acids is 1. The molecule has 0 amide bonds. The highest BCUT2D eigenvalue weighted by molar-refractivity contribution is 5.87. The molecule has 0 saturated carbocycles. The fourth-order valence-electron chi connectivity index (χ4n) is 0.915. The van der Waals surface area contributed by atoms with Crippen LogP contribution in [0.15, 0.2) is 62.0 Å². The number of carboxylic acid groups (broad SMARTS) is 1. The largest absolute Gasteiger partial charge is 0.509 e. The molecule has 0 aromatic heterocycles. The Morgan fingerprint density at radius 2 is 1.22 bits per heavy atom. The molecule has 0 rings (SSSR count). The van der Waals surface area contributed by atoms with E-state index in [2.05, 4.69) is 32.9 Å². The zero-order valence-corrected chi connectivity index (χ0v) is 20.4. The molecule has 0 atom stereocenters. The smallest absolute Gasteiger partial charge is 0.333 e. The first-order valence-corrected chi connectivity index (χ1v) is 9.56. The number of carboxylic acids is 1. The maximum absolute atomic E-state index is 10.8. The van der Waals surface area contributed by atoms with Crippen LogP contribution in [-0.2, 0) is 23.9 Å². The number of hydrogen-bond donors (Lipinski definition) is 3. The minimum Gasteiger partial charge on any atom is -0.509 e. The number of hydrogen-bond acceptors (Lipinski definition) is 7.